The first-order valence-electron chi connectivity index (χ1n) is 2.50. The Morgan fingerprint density at radius 3 is 2.00 bits per heavy atom. The molecule has 0 heterocycles. The molecule has 0 spiro atoms. The highest BCUT2D eigenvalue weighted by molar-refractivity contribution is 5.51. The van der Waals surface area contributed by atoms with E-state index in [1.54, 1.807) is 7.05 Å². The smallest absolute Gasteiger partial charge is 0.133 e. The minimum absolute atomic E-state index is 0.458. The average molecular weight is 103 g/mol. The van der Waals surface area contributed by atoms with Gasteiger partial charge >= 0.3 is 0 Å². The van der Waals surface area contributed by atoms with Gasteiger partial charge < -0.3 is 10.1 Å². The Balaban J connectivity index is 0. The first kappa shape index (κ1) is 9.80. The molecule has 0 aliphatic heterocycles. The van der Waals surface area contributed by atoms with Crippen molar-refractivity contribution in [1.29, 1.82) is 0 Å². The molecular formula is C5H13NO. The summed E-state index contributed by atoms with van der Waals surface area (Å²) in [7, 11) is 1.73. The maximum atomic E-state index is 9.34. The number of hydrogen-bond donors (Lipinski definition) is 1. The zero-order valence-corrected chi connectivity index (χ0v) is 5.19. The highest BCUT2D eigenvalue weighted by Gasteiger charge is 1.62. The summed E-state index contributed by atoms with van der Waals surface area (Å²) in [4.78, 5) is 9.34. The van der Waals surface area contributed by atoms with Crippen LogP contribution in [0, 0.1) is 0 Å². The van der Waals surface area contributed by atoms with Gasteiger partial charge in [-0.15, -0.1) is 0 Å². The fraction of sp³-hybridized carbons (Fsp3) is 0.800. The molecule has 44 valence electrons. The van der Waals surface area contributed by atoms with Crippen LogP contribution in [0.5, 0.6) is 0 Å². The number of carbonyl (C=O) groups is 1. The number of aldehydes is 1. The average Bonchev–Trinajstić information content (AvgIpc) is 1.75. The first-order valence-corrected chi connectivity index (χ1v) is 2.50. The Morgan fingerprint density at radius 2 is 2.00 bits per heavy atom. The Kier molecular flexibility index (Phi) is 24.4. The number of likely N-dealkylation sites (N-methyl/N-ethyl adjacent to an activating group) is 1. The van der Waals surface area contributed by atoms with Crippen LogP contribution in [0.25, 0.3) is 0 Å². The van der Waals surface area contributed by atoms with Crippen LogP contribution >= 0.6 is 0 Å². The molecule has 0 aliphatic carbocycles. The Morgan fingerprint density at radius 1 is 1.57 bits per heavy atom. The van der Waals surface area contributed by atoms with Gasteiger partial charge in [-0.25, -0.2) is 0 Å². The minimum atomic E-state index is 0.458. The van der Waals surface area contributed by atoms with Gasteiger partial charge in [0.1, 0.15) is 6.29 Å². The summed E-state index contributed by atoms with van der Waals surface area (Å²) < 4.78 is 0. The number of hydrogen-bond acceptors (Lipinski definition) is 2. The topological polar surface area (TPSA) is 29.1 Å². The van der Waals surface area contributed by atoms with Crippen LogP contribution in [0.15, 0.2) is 0 Å². The zero-order valence-electron chi connectivity index (χ0n) is 5.19. The van der Waals surface area contributed by atoms with E-state index in [9.17, 15) is 4.79 Å². The summed E-state index contributed by atoms with van der Waals surface area (Å²) in [5.74, 6) is 0. The van der Waals surface area contributed by atoms with E-state index in [1.807, 2.05) is 13.8 Å². The molecule has 0 fully saturated rings. The first-order chi connectivity index (χ1) is 3.41. The van der Waals surface area contributed by atoms with E-state index in [-0.39, 0.29) is 0 Å². The highest BCUT2D eigenvalue weighted by atomic mass is 16.1. The molecule has 0 aromatic carbocycles. The van der Waals surface area contributed by atoms with Gasteiger partial charge in [-0.2, -0.15) is 0 Å². The van der Waals surface area contributed by atoms with Crippen molar-refractivity contribution in [1.82, 2.24) is 5.32 Å². The van der Waals surface area contributed by atoms with Crippen LogP contribution < -0.4 is 5.32 Å². The van der Waals surface area contributed by atoms with Crippen LogP contribution in [0.3, 0.4) is 0 Å². The summed E-state index contributed by atoms with van der Waals surface area (Å²) in [5.41, 5.74) is 0. The molecule has 0 unspecified atom stereocenters. The maximum absolute atomic E-state index is 9.34. The van der Waals surface area contributed by atoms with Gasteiger partial charge in [0.15, 0.2) is 0 Å². The fourth-order valence-electron chi connectivity index (χ4n) is 0.0833. The van der Waals surface area contributed by atoms with Crippen LogP contribution in [-0.4, -0.2) is 19.9 Å². The maximum Gasteiger partial charge on any atom is 0.133 e. The number of carbonyl (C=O) groups excluding carboxylic acids is 1. The van der Waals surface area contributed by atoms with E-state index in [0.717, 1.165) is 6.29 Å². The van der Waals surface area contributed by atoms with Crippen molar-refractivity contribution in [2.45, 2.75) is 13.8 Å². The van der Waals surface area contributed by atoms with Crippen molar-refractivity contribution < 1.29 is 4.79 Å². The molecule has 0 rings (SSSR count). The standard InChI is InChI=1S/C3H7NO.C2H6/c1-4-2-3-5;1-2/h3-4H,2H2,1H3;1-2H3. The van der Waals surface area contributed by atoms with Gasteiger partial charge in [-0.1, -0.05) is 13.8 Å². The fourth-order valence-corrected chi connectivity index (χ4v) is 0.0833. The predicted octanol–water partition coefficient (Wildman–Crippen LogP) is 0.431. The lowest BCUT2D eigenvalue weighted by molar-refractivity contribution is -0.107. The molecular weight excluding hydrogens is 90.1 g/mol. The molecule has 2 nitrogen and oxygen atoms in total. The van der Waals surface area contributed by atoms with Crippen molar-refractivity contribution in [3.05, 3.63) is 0 Å². The quantitative estimate of drug-likeness (QED) is 0.513. The molecule has 0 radical (unpaired) electrons. The summed E-state index contributed by atoms with van der Waals surface area (Å²) in [6.07, 6.45) is 0.819. The third kappa shape index (κ3) is 27.9. The SMILES string of the molecule is CC.CNCC=O. The predicted molar refractivity (Wildman–Crippen MR) is 31.3 cm³/mol. The molecule has 0 atom stereocenters. The van der Waals surface area contributed by atoms with E-state index in [0.29, 0.717) is 6.54 Å². The summed E-state index contributed by atoms with van der Waals surface area (Å²) in [6.45, 7) is 4.46. The molecule has 0 aromatic rings. The summed E-state index contributed by atoms with van der Waals surface area (Å²) >= 11 is 0. The lowest BCUT2D eigenvalue weighted by atomic mass is 10.7. The van der Waals surface area contributed by atoms with E-state index in [2.05, 4.69) is 5.32 Å². The van der Waals surface area contributed by atoms with Crippen molar-refractivity contribution in [2.24, 2.45) is 0 Å². The van der Waals surface area contributed by atoms with Gasteiger partial charge in [0, 0.05) is 0 Å². The molecule has 7 heavy (non-hydrogen) atoms. The van der Waals surface area contributed by atoms with E-state index in [1.165, 1.54) is 0 Å². The third-order valence-corrected chi connectivity index (χ3v) is 0.287. The van der Waals surface area contributed by atoms with Gasteiger partial charge in [0.2, 0.25) is 0 Å². The molecule has 0 saturated carbocycles. The van der Waals surface area contributed by atoms with Crippen molar-refractivity contribution in [3.8, 4) is 0 Å². The largest absolute Gasteiger partial charge is 0.313 e. The van der Waals surface area contributed by atoms with E-state index in [4.69, 9.17) is 0 Å². The normalized spacial score (nSPS) is 6.14. The third-order valence-electron chi connectivity index (χ3n) is 0.287. The van der Waals surface area contributed by atoms with Crippen LogP contribution in [0.4, 0.5) is 0 Å². The van der Waals surface area contributed by atoms with E-state index < -0.39 is 0 Å². The Hall–Kier alpha value is -0.370. The lowest BCUT2D eigenvalue weighted by Crippen LogP contribution is -2.07. The summed E-state index contributed by atoms with van der Waals surface area (Å²) in [5, 5.41) is 2.65. The second kappa shape index (κ2) is 17.4. The Labute approximate surface area is 44.9 Å². The van der Waals surface area contributed by atoms with Crippen LogP contribution in [0.2, 0.25) is 0 Å². The number of rotatable bonds is 2. The second-order valence-electron chi connectivity index (χ2n) is 0.724. The van der Waals surface area contributed by atoms with Crippen molar-refractivity contribution in [3.63, 3.8) is 0 Å². The minimum Gasteiger partial charge on any atom is -0.313 e. The van der Waals surface area contributed by atoms with Gasteiger partial charge in [0.25, 0.3) is 0 Å². The van der Waals surface area contributed by atoms with Gasteiger partial charge in [-0.3, -0.25) is 0 Å². The van der Waals surface area contributed by atoms with Gasteiger partial charge in [-0.05, 0) is 7.05 Å². The molecule has 0 saturated heterocycles. The molecule has 0 amide bonds. The second-order valence-corrected chi connectivity index (χ2v) is 0.724. The monoisotopic (exact) mass is 103 g/mol. The highest BCUT2D eigenvalue weighted by Crippen LogP contribution is 1.32. The number of nitrogens with one attached hydrogen (secondary N) is 1. The van der Waals surface area contributed by atoms with E-state index >= 15 is 0 Å². The molecule has 0 aliphatic rings. The molecule has 0 bridgehead atoms. The van der Waals surface area contributed by atoms with Crippen LogP contribution in [0.1, 0.15) is 13.8 Å². The van der Waals surface area contributed by atoms with Crippen molar-refractivity contribution in [2.75, 3.05) is 13.6 Å². The molecule has 2 heteroatoms. The molecule has 1 N–H and O–H groups in total. The molecule has 0 aromatic heterocycles. The lowest BCUT2D eigenvalue weighted by Gasteiger charge is -1.75. The van der Waals surface area contributed by atoms with Crippen LogP contribution in [-0.2, 0) is 4.79 Å². The Bertz CT molecular complexity index is 29.3. The zero-order chi connectivity index (χ0) is 6.12. The summed E-state index contributed by atoms with van der Waals surface area (Å²) in [6, 6.07) is 0. The van der Waals surface area contributed by atoms with Gasteiger partial charge in [0.05, 0.1) is 6.54 Å². The van der Waals surface area contributed by atoms with Crippen molar-refractivity contribution >= 4 is 6.29 Å².